The molecule has 1 aliphatic heterocycles. The molecule has 7 nitrogen and oxygen atoms in total. The van der Waals surface area contributed by atoms with Gasteiger partial charge in [0.25, 0.3) is 5.91 Å². The third-order valence-corrected chi connectivity index (χ3v) is 7.06. The van der Waals surface area contributed by atoms with Gasteiger partial charge in [-0.1, -0.05) is 24.3 Å². The molecule has 2 aromatic rings. The van der Waals surface area contributed by atoms with Crippen LogP contribution in [0, 0.1) is 13.8 Å². The minimum Gasteiger partial charge on any atom is -0.373 e. The summed E-state index contributed by atoms with van der Waals surface area (Å²) in [5.74, 6) is -0.226. The van der Waals surface area contributed by atoms with Crippen LogP contribution in [0.5, 0.6) is 0 Å². The van der Waals surface area contributed by atoms with Crippen molar-refractivity contribution in [3.8, 4) is 0 Å². The molecule has 0 saturated carbocycles. The summed E-state index contributed by atoms with van der Waals surface area (Å²) in [6.07, 6.45) is 0.437. The maximum atomic E-state index is 12.5. The van der Waals surface area contributed by atoms with Crippen molar-refractivity contribution in [2.24, 2.45) is 0 Å². The summed E-state index contributed by atoms with van der Waals surface area (Å²) in [4.78, 5) is 15.0. The molecule has 1 saturated heterocycles. The molecule has 0 aromatic heterocycles. The number of aryl methyl sites for hydroxylation is 2. The third-order valence-electron chi connectivity index (χ3n) is 5.45. The predicted octanol–water partition coefficient (Wildman–Crippen LogP) is 2.62. The number of hydrogen-bond acceptors (Lipinski definition) is 5. The molecule has 0 spiro atoms. The van der Waals surface area contributed by atoms with Gasteiger partial charge in [-0.2, -0.15) is 0 Å². The Labute approximate surface area is 191 Å². The topological polar surface area (TPSA) is 87.7 Å². The standard InChI is InChI=1S/C24H33N3O4S/c1-17-5-6-18(2)23(13-17)32(29,30)26-12-11-25-24(28)22-9-7-21(8-10-22)16-27-14-19(3)31-20(4)15-27/h5-10,13,19-20,26H,11-12,14-16H2,1-4H3,(H,25,28). The fourth-order valence-electron chi connectivity index (χ4n) is 3.97. The summed E-state index contributed by atoms with van der Waals surface area (Å²) >= 11 is 0. The molecule has 3 rings (SSSR count). The van der Waals surface area contributed by atoms with E-state index in [9.17, 15) is 13.2 Å². The van der Waals surface area contributed by atoms with Crippen LogP contribution >= 0.6 is 0 Å². The smallest absolute Gasteiger partial charge is 0.251 e. The summed E-state index contributed by atoms with van der Waals surface area (Å²) in [6, 6.07) is 12.8. The quantitative estimate of drug-likeness (QED) is 0.593. The lowest BCUT2D eigenvalue weighted by atomic mass is 10.1. The normalized spacial score (nSPS) is 19.6. The number of nitrogens with zero attached hydrogens (tertiary/aromatic N) is 1. The number of rotatable bonds is 8. The number of nitrogens with one attached hydrogen (secondary N) is 2. The molecule has 1 aliphatic rings. The van der Waals surface area contributed by atoms with E-state index < -0.39 is 10.0 Å². The van der Waals surface area contributed by atoms with Gasteiger partial charge in [-0.3, -0.25) is 9.69 Å². The van der Waals surface area contributed by atoms with Gasteiger partial charge in [-0.05, 0) is 62.6 Å². The van der Waals surface area contributed by atoms with Gasteiger partial charge in [-0.25, -0.2) is 13.1 Å². The largest absolute Gasteiger partial charge is 0.373 e. The number of amides is 1. The molecule has 2 aromatic carbocycles. The Morgan fingerprint density at radius 3 is 2.34 bits per heavy atom. The second kappa shape index (κ2) is 10.6. The van der Waals surface area contributed by atoms with E-state index >= 15 is 0 Å². The van der Waals surface area contributed by atoms with E-state index in [0.717, 1.165) is 30.8 Å². The Morgan fingerprint density at radius 2 is 1.69 bits per heavy atom. The Morgan fingerprint density at radius 1 is 1.03 bits per heavy atom. The number of carbonyl (C=O) groups excluding carboxylic acids is 1. The Kier molecular flexibility index (Phi) is 8.05. The lowest BCUT2D eigenvalue weighted by Gasteiger charge is -2.35. The first kappa shape index (κ1) is 24.4. The van der Waals surface area contributed by atoms with Crippen molar-refractivity contribution in [1.82, 2.24) is 14.9 Å². The minimum atomic E-state index is -3.62. The number of ether oxygens (including phenoxy) is 1. The predicted molar refractivity (Wildman–Crippen MR) is 125 cm³/mol. The average Bonchev–Trinajstić information content (AvgIpc) is 2.72. The highest BCUT2D eigenvalue weighted by molar-refractivity contribution is 7.89. The molecule has 2 N–H and O–H groups in total. The van der Waals surface area contributed by atoms with Crippen molar-refractivity contribution in [3.05, 3.63) is 64.7 Å². The van der Waals surface area contributed by atoms with Crippen molar-refractivity contribution in [2.45, 2.75) is 51.3 Å². The maximum Gasteiger partial charge on any atom is 0.251 e. The number of carbonyl (C=O) groups is 1. The van der Waals surface area contributed by atoms with Gasteiger partial charge in [0.1, 0.15) is 0 Å². The number of benzene rings is 2. The van der Waals surface area contributed by atoms with Crippen LogP contribution in [0.2, 0.25) is 0 Å². The number of hydrogen-bond donors (Lipinski definition) is 2. The summed E-state index contributed by atoms with van der Waals surface area (Å²) in [6.45, 7) is 10.7. The molecule has 8 heteroatoms. The van der Waals surface area contributed by atoms with Crippen molar-refractivity contribution in [1.29, 1.82) is 0 Å². The Balaban J connectivity index is 1.47. The SMILES string of the molecule is Cc1ccc(C)c(S(=O)(=O)NCCNC(=O)c2ccc(CN3CC(C)OC(C)C3)cc2)c1. The van der Waals surface area contributed by atoms with Crippen LogP contribution in [0.25, 0.3) is 0 Å². The van der Waals surface area contributed by atoms with Crippen molar-refractivity contribution in [3.63, 3.8) is 0 Å². The molecule has 0 bridgehead atoms. The van der Waals surface area contributed by atoms with Crippen molar-refractivity contribution in [2.75, 3.05) is 26.2 Å². The molecule has 2 atom stereocenters. The highest BCUT2D eigenvalue weighted by atomic mass is 32.2. The van der Waals surface area contributed by atoms with Crippen LogP contribution in [0.15, 0.2) is 47.4 Å². The highest BCUT2D eigenvalue weighted by Crippen LogP contribution is 2.17. The van der Waals surface area contributed by atoms with E-state index in [0.29, 0.717) is 11.1 Å². The summed E-state index contributed by atoms with van der Waals surface area (Å²) in [7, 11) is -3.62. The molecule has 1 heterocycles. The van der Waals surface area contributed by atoms with Gasteiger partial charge in [0.2, 0.25) is 10.0 Å². The van der Waals surface area contributed by atoms with Crippen LogP contribution in [0.3, 0.4) is 0 Å². The van der Waals surface area contributed by atoms with E-state index in [1.54, 1.807) is 31.2 Å². The lowest BCUT2D eigenvalue weighted by Crippen LogP contribution is -2.44. The number of sulfonamides is 1. The van der Waals surface area contributed by atoms with Gasteiger partial charge in [0, 0.05) is 38.3 Å². The average molecular weight is 460 g/mol. The minimum absolute atomic E-state index is 0.118. The molecule has 174 valence electrons. The van der Waals surface area contributed by atoms with Crippen LogP contribution in [-0.2, 0) is 21.3 Å². The van der Waals surface area contributed by atoms with Crippen molar-refractivity contribution >= 4 is 15.9 Å². The zero-order chi connectivity index (χ0) is 23.3. The van der Waals surface area contributed by atoms with Gasteiger partial charge in [0.05, 0.1) is 17.1 Å². The second-order valence-electron chi connectivity index (χ2n) is 8.57. The van der Waals surface area contributed by atoms with Crippen LogP contribution in [0.4, 0.5) is 0 Å². The van der Waals surface area contributed by atoms with Crippen LogP contribution in [0.1, 0.15) is 40.9 Å². The van der Waals surface area contributed by atoms with Gasteiger partial charge in [-0.15, -0.1) is 0 Å². The first-order chi connectivity index (χ1) is 15.1. The zero-order valence-corrected chi connectivity index (χ0v) is 20.0. The van der Waals surface area contributed by atoms with E-state index in [2.05, 4.69) is 28.8 Å². The van der Waals surface area contributed by atoms with Crippen LogP contribution in [-0.4, -0.2) is 57.6 Å². The first-order valence-corrected chi connectivity index (χ1v) is 12.4. The molecule has 32 heavy (non-hydrogen) atoms. The summed E-state index contributed by atoms with van der Waals surface area (Å²) in [5.41, 5.74) is 3.26. The molecule has 1 fully saturated rings. The van der Waals surface area contributed by atoms with Crippen molar-refractivity contribution < 1.29 is 17.9 Å². The monoisotopic (exact) mass is 459 g/mol. The zero-order valence-electron chi connectivity index (χ0n) is 19.2. The first-order valence-electron chi connectivity index (χ1n) is 11.0. The fraction of sp³-hybridized carbons (Fsp3) is 0.458. The van der Waals surface area contributed by atoms with E-state index in [1.807, 2.05) is 25.1 Å². The Bertz CT molecular complexity index is 1030. The maximum absolute atomic E-state index is 12.5. The van der Waals surface area contributed by atoms with Gasteiger partial charge in [0.15, 0.2) is 0 Å². The number of morpholine rings is 1. The van der Waals surface area contributed by atoms with Gasteiger partial charge < -0.3 is 10.1 Å². The lowest BCUT2D eigenvalue weighted by molar-refractivity contribution is -0.0704. The van der Waals surface area contributed by atoms with E-state index in [1.165, 1.54) is 0 Å². The molecule has 2 unspecified atom stereocenters. The summed E-state index contributed by atoms with van der Waals surface area (Å²) < 4.78 is 33.4. The van der Waals surface area contributed by atoms with E-state index in [-0.39, 0.29) is 36.1 Å². The fourth-order valence-corrected chi connectivity index (χ4v) is 5.33. The molecule has 0 aliphatic carbocycles. The third kappa shape index (κ3) is 6.62. The molecular weight excluding hydrogens is 426 g/mol. The molecule has 0 radical (unpaired) electrons. The molecular formula is C24H33N3O4S. The Hall–Kier alpha value is -2.26. The van der Waals surface area contributed by atoms with Crippen LogP contribution < -0.4 is 10.0 Å². The molecule has 1 amide bonds. The second-order valence-corrected chi connectivity index (χ2v) is 10.3. The van der Waals surface area contributed by atoms with Gasteiger partial charge >= 0.3 is 0 Å². The summed E-state index contributed by atoms with van der Waals surface area (Å²) in [5, 5.41) is 2.77. The highest BCUT2D eigenvalue weighted by Gasteiger charge is 2.22. The van der Waals surface area contributed by atoms with E-state index in [4.69, 9.17) is 4.74 Å².